The molecule has 0 aliphatic rings. The highest BCUT2D eigenvalue weighted by molar-refractivity contribution is 5.72. The number of carboxylic acids is 1. The highest BCUT2D eigenvalue weighted by atomic mass is 16.4. The fraction of sp³-hybridized carbons (Fsp3) is 0.800. The van der Waals surface area contributed by atoms with Crippen LogP contribution in [-0.4, -0.2) is 28.3 Å². The lowest BCUT2D eigenvalue weighted by atomic mass is 10.1. The minimum atomic E-state index is -1.42. The molecular formula is C5H11NO3. The largest absolute Gasteiger partial charge is 0.479 e. The van der Waals surface area contributed by atoms with Crippen LogP contribution in [0.2, 0.25) is 0 Å². The number of carbonyl (C=O) groups is 1. The first-order chi connectivity index (χ1) is 4.09. The van der Waals surface area contributed by atoms with E-state index >= 15 is 0 Å². The Labute approximate surface area is 53.3 Å². The molecule has 4 heteroatoms. The van der Waals surface area contributed by atoms with Gasteiger partial charge in [-0.2, -0.15) is 0 Å². The van der Waals surface area contributed by atoms with E-state index in [-0.39, 0.29) is 0 Å². The quantitative estimate of drug-likeness (QED) is 0.469. The molecule has 0 aliphatic carbocycles. The van der Waals surface area contributed by atoms with Gasteiger partial charge in [-0.15, -0.1) is 0 Å². The van der Waals surface area contributed by atoms with Crippen molar-refractivity contribution in [2.45, 2.75) is 25.5 Å². The summed E-state index contributed by atoms with van der Waals surface area (Å²) >= 11 is 0. The number of aliphatic hydroxyl groups is 1. The molecule has 0 rings (SSSR count). The third kappa shape index (κ3) is 2.43. The van der Waals surface area contributed by atoms with E-state index in [1.165, 1.54) is 0 Å². The molecule has 4 N–H and O–H groups in total. The van der Waals surface area contributed by atoms with E-state index < -0.39 is 18.1 Å². The van der Waals surface area contributed by atoms with Crippen LogP contribution in [0.1, 0.15) is 13.3 Å². The van der Waals surface area contributed by atoms with E-state index in [4.69, 9.17) is 15.9 Å². The van der Waals surface area contributed by atoms with Crippen molar-refractivity contribution in [3.05, 3.63) is 0 Å². The molecule has 0 aromatic heterocycles. The van der Waals surface area contributed by atoms with Gasteiger partial charge in [-0.1, -0.05) is 6.92 Å². The van der Waals surface area contributed by atoms with Crippen molar-refractivity contribution in [2.24, 2.45) is 5.73 Å². The Morgan fingerprint density at radius 1 is 1.78 bits per heavy atom. The maximum absolute atomic E-state index is 9.97. The summed E-state index contributed by atoms with van der Waals surface area (Å²) in [7, 11) is 0. The molecule has 0 aliphatic heterocycles. The summed E-state index contributed by atoms with van der Waals surface area (Å²) in [4.78, 5) is 9.97. The molecule has 0 spiro atoms. The van der Waals surface area contributed by atoms with E-state index in [0.29, 0.717) is 6.42 Å². The smallest absolute Gasteiger partial charge is 0.334 e. The van der Waals surface area contributed by atoms with Crippen LogP contribution in [0, 0.1) is 0 Å². The van der Waals surface area contributed by atoms with Crippen LogP contribution in [0.25, 0.3) is 0 Å². The van der Waals surface area contributed by atoms with Crippen LogP contribution >= 0.6 is 0 Å². The Morgan fingerprint density at radius 2 is 2.22 bits per heavy atom. The van der Waals surface area contributed by atoms with Crippen molar-refractivity contribution in [1.82, 2.24) is 0 Å². The monoisotopic (exact) mass is 133 g/mol. The highest BCUT2D eigenvalue weighted by Gasteiger charge is 2.19. The second kappa shape index (κ2) is 3.42. The van der Waals surface area contributed by atoms with Gasteiger partial charge in [0.25, 0.3) is 0 Å². The number of aliphatic carboxylic acids is 1. The highest BCUT2D eigenvalue weighted by Crippen LogP contribution is 1.93. The van der Waals surface area contributed by atoms with Crippen LogP contribution in [-0.2, 0) is 4.79 Å². The van der Waals surface area contributed by atoms with Gasteiger partial charge in [-0.25, -0.2) is 4.79 Å². The summed E-state index contributed by atoms with van der Waals surface area (Å²) in [5, 5.41) is 16.8. The Hall–Kier alpha value is -0.610. The first-order valence-electron chi connectivity index (χ1n) is 2.76. The first-order valence-corrected chi connectivity index (χ1v) is 2.76. The van der Waals surface area contributed by atoms with Gasteiger partial charge < -0.3 is 15.9 Å². The molecule has 0 bridgehead atoms. The summed E-state index contributed by atoms with van der Waals surface area (Å²) < 4.78 is 0. The molecule has 0 aromatic rings. The lowest BCUT2D eigenvalue weighted by molar-refractivity contribution is -0.147. The molecule has 54 valence electrons. The molecule has 4 nitrogen and oxygen atoms in total. The van der Waals surface area contributed by atoms with Gasteiger partial charge in [0, 0.05) is 6.04 Å². The molecule has 0 fully saturated rings. The van der Waals surface area contributed by atoms with Crippen LogP contribution in [0.4, 0.5) is 0 Å². The van der Waals surface area contributed by atoms with E-state index in [1.807, 2.05) is 0 Å². The first kappa shape index (κ1) is 8.39. The van der Waals surface area contributed by atoms with Crippen LogP contribution < -0.4 is 5.73 Å². The molecule has 0 unspecified atom stereocenters. The molecule has 0 radical (unpaired) electrons. The fourth-order valence-electron chi connectivity index (χ4n) is 0.406. The molecule has 0 heterocycles. The number of nitrogens with two attached hydrogens (primary N) is 1. The summed E-state index contributed by atoms with van der Waals surface area (Å²) in [6.07, 6.45) is -0.956. The molecule has 0 saturated carbocycles. The third-order valence-corrected chi connectivity index (χ3v) is 1.13. The number of aliphatic hydroxyl groups excluding tert-OH is 1. The number of hydrogen-bond acceptors (Lipinski definition) is 3. The lowest BCUT2D eigenvalue weighted by Crippen LogP contribution is -2.39. The lowest BCUT2D eigenvalue weighted by Gasteiger charge is -2.11. The Balaban J connectivity index is 3.72. The van der Waals surface area contributed by atoms with Crippen molar-refractivity contribution in [2.75, 3.05) is 0 Å². The summed E-state index contributed by atoms with van der Waals surface area (Å²) in [6, 6.07) is -0.650. The van der Waals surface area contributed by atoms with Crippen LogP contribution in [0.15, 0.2) is 0 Å². The zero-order valence-corrected chi connectivity index (χ0v) is 5.24. The molecule has 9 heavy (non-hydrogen) atoms. The molecule has 0 saturated heterocycles. The van der Waals surface area contributed by atoms with E-state index in [0.717, 1.165) is 0 Å². The van der Waals surface area contributed by atoms with Gasteiger partial charge >= 0.3 is 5.97 Å². The fourth-order valence-corrected chi connectivity index (χ4v) is 0.406. The summed E-state index contributed by atoms with van der Waals surface area (Å²) in [5.41, 5.74) is 5.19. The van der Waals surface area contributed by atoms with Gasteiger partial charge in [0.15, 0.2) is 6.10 Å². The van der Waals surface area contributed by atoms with Gasteiger partial charge in [0.05, 0.1) is 0 Å². The standard InChI is InChI=1S/C5H11NO3/c1-2-3(6)4(7)5(8)9/h3-4,7H,2,6H2,1H3,(H,8,9)/t3-,4+/m0/s1. The molecule has 0 amide bonds. The number of hydrogen-bond donors (Lipinski definition) is 3. The third-order valence-electron chi connectivity index (χ3n) is 1.13. The number of carboxylic acid groups (broad SMARTS) is 1. The van der Waals surface area contributed by atoms with Crippen LogP contribution in [0.3, 0.4) is 0 Å². The maximum atomic E-state index is 9.97. The summed E-state index contributed by atoms with van der Waals surface area (Å²) in [5.74, 6) is -1.26. The minimum Gasteiger partial charge on any atom is -0.479 e. The van der Waals surface area contributed by atoms with Gasteiger partial charge in [-0.05, 0) is 6.42 Å². The Morgan fingerprint density at radius 3 is 2.33 bits per heavy atom. The second-order valence-corrected chi connectivity index (χ2v) is 1.86. The predicted molar refractivity (Wildman–Crippen MR) is 31.9 cm³/mol. The normalized spacial score (nSPS) is 16.8. The zero-order valence-electron chi connectivity index (χ0n) is 5.24. The molecule has 2 atom stereocenters. The van der Waals surface area contributed by atoms with E-state index in [9.17, 15) is 4.79 Å². The summed E-state index contributed by atoms with van der Waals surface area (Å²) in [6.45, 7) is 1.72. The number of rotatable bonds is 3. The van der Waals surface area contributed by atoms with E-state index in [2.05, 4.69) is 0 Å². The van der Waals surface area contributed by atoms with Crippen molar-refractivity contribution in [3.63, 3.8) is 0 Å². The Kier molecular flexibility index (Phi) is 3.19. The molecular weight excluding hydrogens is 122 g/mol. The predicted octanol–water partition coefficient (Wildman–Crippen LogP) is -0.831. The Bertz CT molecular complexity index is 104. The van der Waals surface area contributed by atoms with Gasteiger partial charge in [0.1, 0.15) is 0 Å². The van der Waals surface area contributed by atoms with E-state index in [1.54, 1.807) is 6.92 Å². The van der Waals surface area contributed by atoms with Crippen LogP contribution in [0.5, 0.6) is 0 Å². The minimum absolute atomic E-state index is 0.466. The van der Waals surface area contributed by atoms with Crippen molar-refractivity contribution < 1.29 is 15.0 Å². The van der Waals surface area contributed by atoms with Gasteiger partial charge in [-0.3, -0.25) is 0 Å². The average molecular weight is 133 g/mol. The zero-order chi connectivity index (χ0) is 7.44. The van der Waals surface area contributed by atoms with Crippen molar-refractivity contribution in [3.8, 4) is 0 Å². The SMILES string of the molecule is CC[C@H](N)[C@@H](O)C(=O)O. The second-order valence-electron chi connectivity index (χ2n) is 1.86. The average Bonchev–Trinajstić information content (AvgIpc) is 1.84. The van der Waals surface area contributed by atoms with Gasteiger partial charge in [0.2, 0.25) is 0 Å². The van der Waals surface area contributed by atoms with Crippen molar-refractivity contribution >= 4 is 5.97 Å². The van der Waals surface area contributed by atoms with Crippen molar-refractivity contribution in [1.29, 1.82) is 0 Å². The maximum Gasteiger partial charge on any atom is 0.334 e. The topological polar surface area (TPSA) is 83.5 Å². The molecule has 0 aromatic carbocycles.